The number of nitrogens with zero attached hydrogens (tertiary/aromatic N) is 1. The number of hydrogen-bond acceptors (Lipinski definition) is 2. The fraction of sp³-hybridized carbons (Fsp3) is 0.571. The van der Waals surface area contributed by atoms with Gasteiger partial charge in [-0.25, -0.2) is 4.39 Å². The average Bonchev–Trinajstić information content (AvgIpc) is 2.38. The first-order valence-electron chi connectivity index (χ1n) is 6.44. The minimum Gasteiger partial charge on any atom is -0.371 e. The summed E-state index contributed by atoms with van der Waals surface area (Å²) in [6.07, 6.45) is 6.30. The summed E-state index contributed by atoms with van der Waals surface area (Å²) in [5.41, 5.74) is 7.25. The van der Waals surface area contributed by atoms with E-state index in [1.165, 1.54) is 38.2 Å². The molecule has 0 radical (unpaired) electrons. The molecule has 0 unspecified atom stereocenters. The third kappa shape index (κ3) is 2.60. The summed E-state index contributed by atoms with van der Waals surface area (Å²) < 4.78 is 13.7. The van der Waals surface area contributed by atoms with Gasteiger partial charge in [-0.3, -0.25) is 0 Å². The molecule has 0 bridgehead atoms. The van der Waals surface area contributed by atoms with Crippen molar-refractivity contribution in [3.05, 3.63) is 29.6 Å². The highest BCUT2D eigenvalue weighted by molar-refractivity contribution is 5.54. The van der Waals surface area contributed by atoms with Crippen LogP contribution in [0.5, 0.6) is 0 Å². The summed E-state index contributed by atoms with van der Waals surface area (Å²) >= 11 is 0. The topological polar surface area (TPSA) is 29.3 Å². The molecule has 94 valence electrons. The van der Waals surface area contributed by atoms with E-state index in [0.717, 1.165) is 5.69 Å². The maximum atomic E-state index is 13.7. The standard InChI is InChI=1S/C14H21FN2/c1-17(11-6-3-2-4-7-11)14-9-5-8-13(15)12(14)10-16/h5,8-9,11H,2-4,6-7,10,16H2,1H3. The van der Waals surface area contributed by atoms with Crippen LogP contribution in [0.4, 0.5) is 10.1 Å². The summed E-state index contributed by atoms with van der Waals surface area (Å²) in [6, 6.07) is 5.76. The van der Waals surface area contributed by atoms with Crippen LogP contribution in [0, 0.1) is 5.82 Å². The highest BCUT2D eigenvalue weighted by atomic mass is 19.1. The molecule has 1 aliphatic carbocycles. The molecular weight excluding hydrogens is 215 g/mol. The molecule has 0 atom stereocenters. The average molecular weight is 236 g/mol. The highest BCUT2D eigenvalue weighted by Crippen LogP contribution is 2.29. The quantitative estimate of drug-likeness (QED) is 0.874. The lowest BCUT2D eigenvalue weighted by atomic mass is 9.93. The van der Waals surface area contributed by atoms with Gasteiger partial charge in [-0.05, 0) is 25.0 Å². The third-order valence-electron chi connectivity index (χ3n) is 3.80. The second kappa shape index (κ2) is 5.50. The van der Waals surface area contributed by atoms with Crippen molar-refractivity contribution >= 4 is 5.69 Å². The van der Waals surface area contributed by atoms with Gasteiger partial charge in [0.15, 0.2) is 0 Å². The summed E-state index contributed by atoms with van der Waals surface area (Å²) in [5.74, 6) is -0.187. The molecular formula is C14H21FN2. The summed E-state index contributed by atoms with van der Waals surface area (Å²) in [4.78, 5) is 2.21. The SMILES string of the molecule is CN(c1cccc(F)c1CN)C1CCCCC1. The van der Waals surface area contributed by atoms with E-state index in [4.69, 9.17) is 5.73 Å². The summed E-state index contributed by atoms with van der Waals surface area (Å²) in [7, 11) is 2.06. The van der Waals surface area contributed by atoms with Gasteiger partial charge in [0, 0.05) is 30.9 Å². The minimum atomic E-state index is -0.187. The van der Waals surface area contributed by atoms with Gasteiger partial charge in [0.05, 0.1) is 0 Å². The lowest BCUT2D eigenvalue weighted by Gasteiger charge is -2.34. The van der Waals surface area contributed by atoms with E-state index in [9.17, 15) is 4.39 Å². The molecule has 2 N–H and O–H groups in total. The molecule has 1 fully saturated rings. The van der Waals surface area contributed by atoms with E-state index >= 15 is 0 Å². The fourth-order valence-electron chi connectivity index (χ4n) is 2.74. The Morgan fingerprint density at radius 2 is 2.00 bits per heavy atom. The Morgan fingerprint density at radius 1 is 1.29 bits per heavy atom. The Kier molecular flexibility index (Phi) is 4.00. The van der Waals surface area contributed by atoms with Gasteiger partial charge in [0.25, 0.3) is 0 Å². The van der Waals surface area contributed by atoms with Gasteiger partial charge >= 0.3 is 0 Å². The normalized spacial score (nSPS) is 17.1. The van der Waals surface area contributed by atoms with Crippen LogP contribution in [0.25, 0.3) is 0 Å². The number of hydrogen-bond donors (Lipinski definition) is 1. The number of rotatable bonds is 3. The molecule has 1 aromatic rings. The van der Waals surface area contributed by atoms with Crippen LogP contribution in [0.3, 0.4) is 0 Å². The molecule has 17 heavy (non-hydrogen) atoms. The smallest absolute Gasteiger partial charge is 0.129 e. The monoisotopic (exact) mass is 236 g/mol. The van der Waals surface area contributed by atoms with Crippen molar-refractivity contribution in [2.75, 3.05) is 11.9 Å². The molecule has 2 rings (SSSR count). The lowest BCUT2D eigenvalue weighted by molar-refractivity contribution is 0.426. The van der Waals surface area contributed by atoms with Crippen molar-refractivity contribution in [2.24, 2.45) is 5.73 Å². The second-order valence-electron chi connectivity index (χ2n) is 4.84. The van der Waals surface area contributed by atoms with Crippen LogP contribution in [0.1, 0.15) is 37.7 Å². The van der Waals surface area contributed by atoms with Crippen molar-refractivity contribution in [2.45, 2.75) is 44.7 Å². The first-order valence-corrected chi connectivity index (χ1v) is 6.44. The van der Waals surface area contributed by atoms with E-state index in [1.54, 1.807) is 6.07 Å². The van der Waals surface area contributed by atoms with Crippen molar-refractivity contribution < 1.29 is 4.39 Å². The summed E-state index contributed by atoms with van der Waals surface area (Å²) in [5, 5.41) is 0. The predicted octanol–water partition coefficient (Wildman–Crippen LogP) is 3.05. The molecule has 0 aromatic heterocycles. The Bertz CT molecular complexity index is 372. The molecule has 2 nitrogen and oxygen atoms in total. The van der Waals surface area contributed by atoms with E-state index < -0.39 is 0 Å². The molecule has 1 aromatic carbocycles. The maximum Gasteiger partial charge on any atom is 0.129 e. The number of nitrogens with two attached hydrogens (primary N) is 1. The van der Waals surface area contributed by atoms with Crippen LogP contribution < -0.4 is 10.6 Å². The van der Waals surface area contributed by atoms with Crippen LogP contribution in [-0.2, 0) is 6.54 Å². The first kappa shape index (κ1) is 12.4. The Labute approximate surface area is 103 Å². The third-order valence-corrected chi connectivity index (χ3v) is 3.80. The van der Waals surface area contributed by atoms with Gasteiger partial charge in [0.1, 0.15) is 5.82 Å². The maximum absolute atomic E-state index is 13.7. The number of anilines is 1. The van der Waals surface area contributed by atoms with Crippen LogP contribution in [0.2, 0.25) is 0 Å². The Balaban J connectivity index is 2.23. The largest absolute Gasteiger partial charge is 0.371 e. The molecule has 0 heterocycles. The first-order chi connectivity index (χ1) is 8.24. The van der Waals surface area contributed by atoms with E-state index in [2.05, 4.69) is 11.9 Å². The molecule has 3 heteroatoms. The van der Waals surface area contributed by atoms with Crippen LogP contribution in [-0.4, -0.2) is 13.1 Å². The zero-order valence-corrected chi connectivity index (χ0v) is 10.5. The van der Waals surface area contributed by atoms with Gasteiger partial charge in [0.2, 0.25) is 0 Å². The van der Waals surface area contributed by atoms with Crippen LogP contribution in [0.15, 0.2) is 18.2 Å². The summed E-state index contributed by atoms with van der Waals surface area (Å²) in [6.45, 7) is 0.263. The van der Waals surface area contributed by atoms with Gasteiger partial charge in [-0.15, -0.1) is 0 Å². The molecule has 0 aliphatic heterocycles. The molecule has 1 aliphatic rings. The second-order valence-corrected chi connectivity index (χ2v) is 4.84. The van der Waals surface area contributed by atoms with E-state index in [0.29, 0.717) is 11.6 Å². The van der Waals surface area contributed by atoms with Crippen molar-refractivity contribution in [1.29, 1.82) is 0 Å². The molecule has 0 spiro atoms. The molecule has 0 amide bonds. The lowest BCUT2D eigenvalue weighted by Crippen LogP contribution is -2.34. The van der Waals surface area contributed by atoms with Crippen molar-refractivity contribution in [3.8, 4) is 0 Å². The van der Waals surface area contributed by atoms with Crippen molar-refractivity contribution in [1.82, 2.24) is 0 Å². The van der Waals surface area contributed by atoms with Crippen LogP contribution >= 0.6 is 0 Å². The van der Waals surface area contributed by atoms with E-state index in [-0.39, 0.29) is 12.4 Å². The fourth-order valence-corrected chi connectivity index (χ4v) is 2.74. The molecule has 1 saturated carbocycles. The zero-order chi connectivity index (χ0) is 12.3. The van der Waals surface area contributed by atoms with Crippen molar-refractivity contribution in [3.63, 3.8) is 0 Å². The highest BCUT2D eigenvalue weighted by Gasteiger charge is 2.20. The zero-order valence-electron chi connectivity index (χ0n) is 10.5. The number of benzene rings is 1. The van der Waals surface area contributed by atoms with E-state index in [1.807, 2.05) is 6.07 Å². The Morgan fingerprint density at radius 3 is 2.65 bits per heavy atom. The Hall–Kier alpha value is -1.09. The van der Waals surface area contributed by atoms with Gasteiger partial charge in [-0.2, -0.15) is 0 Å². The van der Waals surface area contributed by atoms with Gasteiger partial charge < -0.3 is 10.6 Å². The molecule has 0 saturated heterocycles. The predicted molar refractivity (Wildman–Crippen MR) is 69.6 cm³/mol. The minimum absolute atomic E-state index is 0.187. The number of halogens is 1. The van der Waals surface area contributed by atoms with Gasteiger partial charge in [-0.1, -0.05) is 25.3 Å².